The highest BCUT2D eigenvalue weighted by molar-refractivity contribution is 5.26. The van der Waals surface area contributed by atoms with Crippen molar-refractivity contribution in [2.45, 2.75) is 0 Å². The second kappa shape index (κ2) is 2.02. The average Bonchev–Trinajstić information content (AvgIpc) is 2.59. The highest BCUT2D eigenvalue weighted by atomic mass is 15.3. The molecule has 1 N–H and O–H groups in total. The molecule has 0 aliphatic carbocycles. The summed E-state index contributed by atoms with van der Waals surface area (Å²) in [6.07, 6.45) is 7.43. The van der Waals surface area contributed by atoms with E-state index < -0.39 is 0 Å². The number of nitrogens with one attached hydrogen (secondary N) is 1. The summed E-state index contributed by atoms with van der Waals surface area (Å²) >= 11 is 0. The molecular formula is C7H7N3. The van der Waals surface area contributed by atoms with Gasteiger partial charge in [-0.1, -0.05) is 0 Å². The standard InChI is InChI=1S/C7H7N3/c1-3-9-10(5-1)7-2-4-8-6-7/h1-6,8H. The summed E-state index contributed by atoms with van der Waals surface area (Å²) in [6, 6.07) is 3.86. The third-order valence-corrected chi connectivity index (χ3v) is 1.35. The van der Waals surface area contributed by atoms with Gasteiger partial charge in [-0.15, -0.1) is 0 Å². The Morgan fingerprint density at radius 2 is 2.50 bits per heavy atom. The van der Waals surface area contributed by atoms with Gasteiger partial charge in [-0.3, -0.25) is 0 Å². The number of aromatic nitrogens is 3. The van der Waals surface area contributed by atoms with Crippen LogP contribution in [0, 0.1) is 0 Å². The lowest BCUT2D eigenvalue weighted by molar-refractivity contribution is 0.882. The molecule has 0 atom stereocenters. The summed E-state index contributed by atoms with van der Waals surface area (Å²) in [6.45, 7) is 0. The molecule has 0 fully saturated rings. The summed E-state index contributed by atoms with van der Waals surface area (Å²) in [5.74, 6) is 0. The van der Waals surface area contributed by atoms with Gasteiger partial charge >= 0.3 is 0 Å². The SMILES string of the molecule is c1cnn(-c2cc[nH]c2)c1. The fourth-order valence-electron chi connectivity index (χ4n) is 0.879. The van der Waals surface area contributed by atoms with Crippen LogP contribution in [0.5, 0.6) is 0 Å². The highest BCUT2D eigenvalue weighted by Crippen LogP contribution is 2.01. The summed E-state index contributed by atoms with van der Waals surface area (Å²) in [7, 11) is 0. The van der Waals surface area contributed by atoms with E-state index in [4.69, 9.17) is 0 Å². The molecular weight excluding hydrogens is 126 g/mol. The van der Waals surface area contributed by atoms with Crippen LogP contribution < -0.4 is 0 Å². The van der Waals surface area contributed by atoms with E-state index in [1.807, 2.05) is 30.7 Å². The first-order valence-electron chi connectivity index (χ1n) is 3.09. The molecule has 2 aromatic heterocycles. The minimum absolute atomic E-state index is 1.06. The molecule has 2 rings (SSSR count). The number of H-pyrrole nitrogens is 1. The first-order chi connectivity index (χ1) is 4.97. The first kappa shape index (κ1) is 5.29. The van der Waals surface area contributed by atoms with Crippen LogP contribution in [0.15, 0.2) is 36.9 Å². The molecule has 0 radical (unpaired) electrons. The molecule has 0 spiro atoms. The third kappa shape index (κ3) is 0.719. The molecule has 3 heteroatoms. The predicted molar refractivity (Wildman–Crippen MR) is 37.9 cm³/mol. The number of aromatic amines is 1. The maximum absolute atomic E-state index is 4.06. The van der Waals surface area contributed by atoms with Crippen molar-refractivity contribution in [3.8, 4) is 5.69 Å². The zero-order valence-corrected chi connectivity index (χ0v) is 5.36. The minimum atomic E-state index is 1.06. The second-order valence-electron chi connectivity index (χ2n) is 2.02. The molecule has 0 aliphatic rings. The van der Waals surface area contributed by atoms with Crippen molar-refractivity contribution in [2.75, 3.05) is 0 Å². The van der Waals surface area contributed by atoms with Crippen molar-refractivity contribution in [3.63, 3.8) is 0 Å². The van der Waals surface area contributed by atoms with Gasteiger partial charge in [0.25, 0.3) is 0 Å². The van der Waals surface area contributed by atoms with Gasteiger partial charge in [0.05, 0.1) is 5.69 Å². The molecule has 50 valence electrons. The zero-order valence-electron chi connectivity index (χ0n) is 5.36. The minimum Gasteiger partial charge on any atom is -0.366 e. The van der Waals surface area contributed by atoms with Gasteiger partial charge in [0, 0.05) is 24.8 Å². The molecule has 0 saturated carbocycles. The van der Waals surface area contributed by atoms with E-state index in [-0.39, 0.29) is 0 Å². The topological polar surface area (TPSA) is 33.6 Å². The lowest BCUT2D eigenvalue weighted by Gasteiger charge is -1.91. The van der Waals surface area contributed by atoms with Crippen molar-refractivity contribution in [2.24, 2.45) is 0 Å². The molecule has 0 amide bonds. The first-order valence-corrected chi connectivity index (χ1v) is 3.09. The van der Waals surface area contributed by atoms with Crippen LogP contribution in [0.25, 0.3) is 5.69 Å². The van der Waals surface area contributed by atoms with Crippen LogP contribution in [0.1, 0.15) is 0 Å². The Bertz CT molecular complexity index is 248. The predicted octanol–water partition coefficient (Wildman–Crippen LogP) is 1.20. The number of hydrogen-bond acceptors (Lipinski definition) is 1. The van der Waals surface area contributed by atoms with Crippen LogP contribution in [0.4, 0.5) is 0 Å². The summed E-state index contributed by atoms with van der Waals surface area (Å²) in [5, 5.41) is 4.06. The largest absolute Gasteiger partial charge is 0.366 e. The van der Waals surface area contributed by atoms with E-state index in [1.165, 1.54) is 0 Å². The number of nitrogens with zero attached hydrogens (tertiary/aromatic N) is 2. The Balaban J connectivity index is 2.48. The van der Waals surface area contributed by atoms with Gasteiger partial charge in [-0.25, -0.2) is 4.68 Å². The second-order valence-corrected chi connectivity index (χ2v) is 2.02. The molecule has 2 aromatic rings. The molecule has 0 saturated heterocycles. The van der Waals surface area contributed by atoms with E-state index in [2.05, 4.69) is 10.1 Å². The van der Waals surface area contributed by atoms with E-state index in [9.17, 15) is 0 Å². The van der Waals surface area contributed by atoms with Gasteiger partial charge < -0.3 is 4.98 Å². The van der Waals surface area contributed by atoms with Crippen molar-refractivity contribution in [1.29, 1.82) is 0 Å². The van der Waals surface area contributed by atoms with Crippen LogP contribution in [0.3, 0.4) is 0 Å². The Labute approximate surface area is 58.3 Å². The molecule has 3 nitrogen and oxygen atoms in total. The summed E-state index contributed by atoms with van der Waals surface area (Å²) in [4.78, 5) is 2.96. The third-order valence-electron chi connectivity index (χ3n) is 1.35. The molecule has 2 heterocycles. The van der Waals surface area contributed by atoms with E-state index in [1.54, 1.807) is 10.9 Å². The van der Waals surface area contributed by atoms with E-state index in [0.29, 0.717) is 0 Å². The van der Waals surface area contributed by atoms with Gasteiger partial charge in [-0.05, 0) is 12.1 Å². The quantitative estimate of drug-likeness (QED) is 0.623. The van der Waals surface area contributed by atoms with Crippen molar-refractivity contribution in [3.05, 3.63) is 36.9 Å². The Hall–Kier alpha value is -1.51. The fourth-order valence-corrected chi connectivity index (χ4v) is 0.879. The van der Waals surface area contributed by atoms with Gasteiger partial charge in [0.15, 0.2) is 0 Å². The van der Waals surface area contributed by atoms with Crippen LogP contribution >= 0.6 is 0 Å². The Kier molecular flexibility index (Phi) is 1.07. The maximum Gasteiger partial charge on any atom is 0.0819 e. The van der Waals surface area contributed by atoms with Crippen molar-refractivity contribution >= 4 is 0 Å². The molecule has 10 heavy (non-hydrogen) atoms. The van der Waals surface area contributed by atoms with Crippen LogP contribution in [-0.2, 0) is 0 Å². The van der Waals surface area contributed by atoms with Gasteiger partial charge in [0.1, 0.15) is 0 Å². The van der Waals surface area contributed by atoms with Gasteiger partial charge in [-0.2, -0.15) is 5.10 Å². The molecule has 0 aromatic carbocycles. The summed E-state index contributed by atoms with van der Waals surface area (Å²) < 4.78 is 1.80. The number of hydrogen-bond donors (Lipinski definition) is 1. The van der Waals surface area contributed by atoms with E-state index in [0.717, 1.165) is 5.69 Å². The summed E-state index contributed by atoms with van der Waals surface area (Å²) in [5.41, 5.74) is 1.06. The molecule has 0 unspecified atom stereocenters. The molecule has 0 aliphatic heterocycles. The van der Waals surface area contributed by atoms with Gasteiger partial charge in [0.2, 0.25) is 0 Å². The highest BCUT2D eigenvalue weighted by Gasteiger charge is 1.91. The average molecular weight is 133 g/mol. The van der Waals surface area contributed by atoms with Crippen molar-refractivity contribution in [1.82, 2.24) is 14.8 Å². The fraction of sp³-hybridized carbons (Fsp3) is 0. The van der Waals surface area contributed by atoms with Crippen molar-refractivity contribution < 1.29 is 0 Å². The normalized spacial score (nSPS) is 10.0. The van der Waals surface area contributed by atoms with Crippen LogP contribution in [0.2, 0.25) is 0 Å². The smallest absolute Gasteiger partial charge is 0.0819 e. The zero-order chi connectivity index (χ0) is 6.81. The molecule has 0 bridgehead atoms. The monoisotopic (exact) mass is 133 g/mol. The van der Waals surface area contributed by atoms with E-state index >= 15 is 0 Å². The lowest BCUT2D eigenvalue weighted by Crippen LogP contribution is -1.89. The number of rotatable bonds is 1. The Morgan fingerprint density at radius 1 is 1.50 bits per heavy atom. The lowest BCUT2D eigenvalue weighted by atomic mass is 10.5. The van der Waals surface area contributed by atoms with Crippen LogP contribution in [-0.4, -0.2) is 14.8 Å². The maximum atomic E-state index is 4.06. The Morgan fingerprint density at radius 3 is 3.10 bits per heavy atom.